The van der Waals surface area contributed by atoms with Crippen LogP contribution in [-0.2, 0) is 11.2 Å². The lowest BCUT2D eigenvalue weighted by molar-refractivity contribution is 0.0948. The molecule has 0 spiro atoms. The number of thiazole rings is 1. The molecule has 0 bridgehead atoms. The van der Waals surface area contributed by atoms with Gasteiger partial charge in [-0.05, 0) is 25.0 Å². The Morgan fingerprint density at radius 3 is 3.00 bits per heavy atom. The van der Waals surface area contributed by atoms with Gasteiger partial charge in [0.2, 0.25) is 0 Å². The van der Waals surface area contributed by atoms with Gasteiger partial charge in [0.1, 0.15) is 4.83 Å². The Labute approximate surface area is 176 Å². The van der Waals surface area contributed by atoms with E-state index < -0.39 is 0 Å². The number of nitrogens with zero attached hydrogens (tertiary/aromatic N) is 3. The Hall–Kier alpha value is -2.23. The molecule has 0 aliphatic heterocycles. The molecule has 1 N–H and O–H groups in total. The molecule has 0 saturated heterocycles. The van der Waals surface area contributed by atoms with E-state index in [1.807, 2.05) is 25.1 Å². The van der Waals surface area contributed by atoms with Crippen LogP contribution in [0.4, 0.5) is 5.13 Å². The van der Waals surface area contributed by atoms with Crippen molar-refractivity contribution in [2.75, 3.05) is 25.2 Å². The summed E-state index contributed by atoms with van der Waals surface area (Å²) >= 11 is 3.10. The fraction of sp³-hybridized carbons (Fsp3) is 0.450. The van der Waals surface area contributed by atoms with Gasteiger partial charge >= 0.3 is 0 Å². The lowest BCUT2D eigenvalue weighted by Gasteiger charge is -2.20. The Balaban J connectivity index is 1.28. The molecule has 152 valence electrons. The summed E-state index contributed by atoms with van der Waals surface area (Å²) in [5, 5.41) is 4.11. The zero-order valence-electron chi connectivity index (χ0n) is 16.3. The number of anilines is 1. The third-order valence-corrected chi connectivity index (χ3v) is 7.31. The van der Waals surface area contributed by atoms with Crippen molar-refractivity contribution in [3.8, 4) is 0 Å². The number of oxazole rings is 1. The zero-order chi connectivity index (χ0) is 20.0. The minimum Gasteiger partial charge on any atom is -0.441 e. The fourth-order valence-electron chi connectivity index (χ4n) is 3.55. The molecule has 7 nitrogen and oxygen atoms in total. The number of hydrogen-bond donors (Lipinski definition) is 1. The Morgan fingerprint density at radius 2 is 2.24 bits per heavy atom. The number of rotatable bonds is 7. The van der Waals surface area contributed by atoms with E-state index in [4.69, 9.17) is 14.1 Å². The average Bonchev–Trinajstić information content (AvgIpc) is 3.15. The van der Waals surface area contributed by atoms with E-state index in [9.17, 15) is 4.79 Å². The summed E-state index contributed by atoms with van der Waals surface area (Å²) in [5.41, 5.74) is 0.894. The number of hydrogen-bond acceptors (Lipinski definition) is 8. The number of thiophene rings is 1. The summed E-state index contributed by atoms with van der Waals surface area (Å²) in [5.74, 6) is 1.37. The predicted octanol–water partition coefficient (Wildman–Crippen LogP) is 3.64. The van der Waals surface area contributed by atoms with E-state index in [-0.39, 0.29) is 11.9 Å². The summed E-state index contributed by atoms with van der Waals surface area (Å²) in [4.78, 5) is 25.9. The summed E-state index contributed by atoms with van der Waals surface area (Å²) in [6.07, 6.45) is 6.92. The lowest BCUT2D eigenvalue weighted by atomic mass is 10.0. The van der Waals surface area contributed by atoms with Crippen LogP contribution in [0.25, 0.3) is 15.6 Å². The highest BCUT2D eigenvalue weighted by molar-refractivity contribution is 7.29. The number of methoxy groups -OCH3 is 1. The first-order chi connectivity index (χ1) is 14.1. The maximum absolute atomic E-state index is 12.7. The van der Waals surface area contributed by atoms with Crippen LogP contribution in [0.1, 0.15) is 39.9 Å². The van der Waals surface area contributed by atoms with Crippen LogP contribution in [-0.4, -0.2) is 48.2 Å². The summed E-state index contributed by atoms with van der Waals surface area (Å²) in [6, 6.07) is 2.45. The number of fused-ring (bicyclic) bond motifs is 2. The normalized spacial score (nSPS) is 18.2. The molecule has 1 atom stereocenters. The smallest absolute Gasteiger partial charge is 0.261 e. The number of aromatic nitrogens is 2. The first kappa shape index (κ1) is 18.8. The van der Waals surface area contributed by atoms with Crippen molar-refractivity contribution >= 4 is 49.3 Å². The van der Waals surface area contributed by atoms with Crippen molar-refractivity contribution in [2.24, 2.45) is 0 Å². The number of ether oxygens (including phenoxy) is 1. The second-order valence-electron chi connectivity index (χ2n) is 7.38. The van der Waals surface area contributed by atoms with E-state index in [0.29, 0.717) is 29.8 Å². The second kappa shape index (κ2) is 7.55. The largest absolute Gasteiger partial charge is 0.441 e. The van der Waals surface area contributed by atoms with Gasteiger partial charge in [-0.25, -0.2) is 9.97 Å². The van der Waals surface area contributed by atoms with Gasteiger partial charge in [-0.1, -0.05) is 17.4 Å². The van der Waals surface area contributed by atoms with Gasteiger partial charge in [-0.2, -0.15) is 0 Å². The second-order valence-corrected chi connectivity index (χ2v) is 9.42. The van der Waals surface area contributed by atoms with Gasteiger partial charge in [-0.3, -0.25) is 4.79 Å². The lowest BCUT2D eigenvalue weighted by Crippen LogP contribution is -2.35. The third kappa shape index (κ3) is 3.82. The quantitative estimate of drug-likeness (QED) is 0.616. The molecule has 1 fully saturated rings. The van der Waals surface area contributed by atoms with Crippen LogP contribution >= 0.6 is 22.7 Å². The number of carbonyl (C=O) groups is 1. The van der Waals surface area contributed by atoms with Crippen LogP contribution in [0.5, 0.6) is 0 Å². The van der Waals surface area contributed by atoms with Crippen LogP contribution in [0.2, 0.25) is 0 Å². The first-order valence-corrected chi connectivity index (χ1v) is 11.4. The number of amides is 1. The molecular weight excluding hydrogens is 408 g/mol. The highest BCUT2D eigenvalue weighted by atomic mass is 32.1. The van der Waals surface area contributed by atoms with Crippen molar-refractivity contribution in [2.45, 2.75) is 38.3 Å². The minimum absolute atomic E-state index is 0.0708. The number of carbonyl (C=O) groups excluding carboxylic acids is 1. The van der Waals surface area contributed by atoms with Crippen molar-refractivity contribution in [1.82, 2.24) is 15.3 Å². The molecule has 9 heteroatoms. The van der Waals surface area contributed by atoms with E-state index in [2.05, 4.69) is 15.2 Å². The van der Waals surface area contributed by atoms with Crippen molar-refractivity contribution in [3.63, 3.8) is 0 Å². The average molecular weight is 431 g/mol. The van der Waals surface area contributed by atoms with Crippen LogP contribution in [0.3, 0.4) is 0 Å². The van der Waals surface area contributed by atoms with Crippen molar-refractivity contribution in [1.29, 1.82) is 0 Å². The molecule has 3 heterocycles. The standard InChI is InChI=1S/C20H22N4O3S2/c1-11-21-14-9-12(3-6-15(14)27-11)22-18(25)16-10-17-19(28-16)23-20(29-17)24(7-8-26-2)13-4-5-13/h3,6,10,12-13H,4-5,7-9H2,1-2H3,(H,22,25). The van der Waals surface area contributed by atoms with Crippen molar-refractivity contribution < 1.29 is 13.9 Å². The fourth-order valence-corrected chi connectivity index (χ4v) is 5.76. The van der Waals surface area contributed by atoms with Gasteiger partial charge in [0.25, 0.3) is 5.91 Å². The highest BCUT2D eigenvalue weighted by Crippen LogP contribution is 2.39. The Morgan fingerprint density at radius 1 is 1.38 bits per heavy atom. The van der Waals surface area contributed by atoms with Crippen molar-refractivity contribution in [3.05, 3.63) is 34.4 Å². The van der Waals surface area contributed by atoms with E-state index in [1.54, 1.807) is 18.4 Å². The van der Waals surface area contributed by atoms with Crippen LogP contribution in [0.15, 0.2) is 16.6 Å². The molecule has 2 aliphatic carbocycles. The maximum Gasteiger partial charge on any atom is 0.261 e. The molecule has 29 heavy (non-hydrogen) atoms. The molecule has 1 amide bonds. The molecule has 3 aromatic heterocycles. The minimum atomic E-state index is -0.0810. The van der Waals surface area contributed by atoms with E-state index in [1.165, 1.54) is 24.2 Å². The molecule has 1 unspecified atom stereocenters. The van der Waals surface area contributed by atoms with Gasteiger partial charge in [-0.15, -0.1) is 11.3 Å². The Kier molecular flexibility index (Phi) is 4.89. The summed E-state index contributed by atoms with van der Waals surface area (Å²) in [6.45, 7) is 3.38. The van der Waals surface area contributed by atoms with Gasteiger partial charge in [0.05, 0.1) is 27.9 Å². The topological polar surface area (TPSA) is 80.5 Å². The molecule has 5 rings (SSSR count). The van der Waals surface area contributed by atoms with Gasteiger partial charge in [0.15, 0.2) is 16.8 Å². The third-order valence-electron chi connectivity index (χ3n) is 5.12. The SMILES string of the molecule is COCCN(c1nc2sc(C(=O)NC3C=Cc4oc(C)nc4C3)cc2s1)C1CC1. The van der Waals surface area contributed by atoms with E-state index >= 15 is 0 Å². The monoisotopic (exact) mass is 430 g/mol. The summed E-state index contributed by atoms with van der Waals surface area (Å²) in [7, 11) is 1.72. The highest BCUT2D eigenvalue weighted by Gasteiger charge is 2.31. The first-order valence-electron chi connectivity index (χ1n) is 9.72. The van der Waals surface area contributed by atoms with Gasteiger partial charge < -0.3 is 19.4 Å². The van der Waals surface area contributed by atoms with Gasteiger partial charge in [0, 0.05) is 33.0 Å². The summed E-state index contributed by atoms with van der Waals surface area (Å²) < 4.78 is 11.8. The molecule has 2 aliphatic rings. The molecule has 0 radical (unpaired) electrons. The number of nitrogens with one attached hydrogen (secondary N) is 1. The molecule has 3 aromatic rings. The van der Waals surface area contributed by atoms with E-state index in [0.717, 1.165) is 32.7 Å². The van der Waals surface area contributed by atoms with Crippen LogP contribution in [0, 0.1) is 6.92 Å². The molecule has 0 aromatic carbocycles. The number of aryl methyl sites for hydroxylation is 1. The molecule has 1 saturated carbocycles. The Bertz CT molecular complexity index is 1050. The molecular formula is C20H22N4O3S2. The predicted molar refractivity (Wildman–Crippen MR) is 115 cm³/mol. The zero-order valence-corrected chi connectivity index (χ0v) is 17.9. The van der Waals surface area contributed by atoms with Crippen LogP contribution < -0.4 is 10.2 Å². The maximum atomic E-state index is 12.7.